The minimum atomic E-state index is -3.60. The molecule has 0 aliphatic rings. The van der Waals surface area contributed by atoms with E-state index in [4.69, 9.17) is 0 Å². The van der Waals surface area contributed by atoms with Gasteiger partial charge in [0.1, 0.15) is 0 Å². The molecule has 6 heteroatoms. The Balaban J connectivity index is 2.19. The lowest BCUT2D eigenvalue weighted by molar-refractivity contribution is 0.102. The lowest BCUT2D eigenvalue weighted by Crippen LogP contribution is -2.25. The van der Waals surface area contributed by atoms with E-state index in [-0.39, 0.29) is 10.8 Å². The quantitative estimate of drug-likeness (QED) is 0.707. The number of carbonyl (C=O) groups is 1. The second kappa shape index (κ2) is 8.78. The molecule has 0 heterocycles. The smallest absolute Gasteiger partial charge is 0.255 e. The number of anilines is 1. The van der Waals surface area contributed by atoms with E-state index >= 15 is 0 Å². The van der Waals surface area contributed by atoms with Crippen LogP contribution in [0.3, 0.4) is 0 Å². The van der Waals surface area contributed by atoms with E-state index in [1.54, 1.807) is 12.1 Å². The van der Waals surface area contributed by atoms with Gasteiger partial charge in [0.05, 0.1) is 4.90 Å². The van der Waals surface area contributed by atoms with E-state index in [0.29, 0.717) is 12.1 Å². The van der Waals surface area contributed by atoms with Gasteiger partial charge >= 0.3 is 0 Å². The molecular weight excluding hydrogens is 336 g/mol. The van der Waals surface area contributed by atoms with Gasteiger partial charge in [0, 0.05) is 17.8 Å². The van der Waals surface area contributed by atoms with E-state index in [1.165, 1.54) is 12.1 Å². The summed E-state index contributed by atoms with van der Waals surface area (Å²) in [6, 6.07) is 13.6. The Morgan fingerprint density at radius 1 is 1.04 bits per heavy atom. The zero-order chi connectivity index (χ0) is 18.3. The molecule has 0 aliphatic carbocycles. The Labute approximate surface area is 149 Å². The Bertz CT molecular complexity index is 832. The Kier molecular flexibility index (Phi) is 6.73. The zero-order valence-corrected chi connectivity index (χ0v) is 15.4. The highest BCUT2D eigenvalue weighted by Gasteiger charge is 2.16. The fourth-order valence-corrected chi connectivity index (χ4v) is 3.54. The highest BCUT2D eigenvalue weighted by atomic mass is 32.2. The van der Waals surface area contributed by atoms with Crippen LogP contribution in [0.4, 0.5) is 5.69 Å². The van der Waals surface area contributed by atoms with Crippen LogP contribution >= 0.6 is 0 Å². The Hall–Kier alpha value is -2.18. The molecule has 0 bridgehead atoms. The summed E-state index contributed by atoms with van der Waals surface area (Å²) in [5.41, 5.74) is 2.08. The largest absolute Gasteiger partial charge is 0.322 e. The van der Waals surface area contributed by atoms with Crippen molar-refractivity contribution in [2.45, 2.75) is 38.0 Å². The van der Waals surface area contributed by atoms with Gasteiger partial charge in [-0.05, 0) is 42.7 Å². The number of aryl methyl sites for hydroxylation is 1. The number of nitrogens with one attached hydrogen (secondary N) is 2. The number of hydrogen-bond donors (Lipinski definition) is 2. The molecule has 2 rings (SSSR count). The number of unbranched alkanes of at least 4 members (excludes halogenated alkanes) is 1. The predicted octanol–water partition coefficient (Wildman–Crippen LogP) is 3.58. The molecule has 1 amide bonds. The molecule has 0 saturated heterocycles. The first-order valence-electron chi connectivity index (χ1n) is 8.47. The molecule has 0 aliphatic heterocycles. The predicted molar refractivity (Wildman–Crippen MR) is 100 cm³/mol. The van der Waals surface area contributed by atoms with Crippen LogP contribution in [0.1, 0.15) is 42.6 Å². The second-order valence-electron chi connectivity index (χ2n) is 5.74. The topological polar surface area (TPSA) is 75.3 Å². The maximum Gasteiger partial charge on any atom is 0.255 e. The lowest BCUT2D eigenvalue weighted by Gasteiger charge is -2.11. The van der Waals surface area contributed by atoms with Crippen LogP contribution in [0.5, 0.6) is 0 Å². The van der Waals surface area contributed by atoms with E-state index < -0.39 is 10.0 Å². The highest BCUT2D eigenvalue weighted by molar-refractivity contribution is 7.89. The van der Waals surface area contributed by atoms with Gasteiger partial charge in [-0.2, -0.15) is 0 Å². The molecule has 0 aromatic heterocycles. The minimum absolute atomic E-state index is 0.0972. The van der Waals surface area contributed by atoms with Crippen molar-refractivity contribution >= 4 is 21.6 Å². The van der Waals surface area contributed by atoms with Crippen LogP contribution in [-0.4, -0.2) is 20.9 Å². The SMILES string of the molecule is CCCCNS(=O)(=O)c1cccc(C(=O)Nc2ccccc2CC)c1. The number of rotatable bonds is 8. The summed E-state index contributed by atoms with van der Waals surface area (Å²) in [7, 11) is -3.60. The zero-order valence-electron chi connectivity index (χ0n) is 14.6. The number of carbonyl (C=O) groups excluding carboxylic acids is 1. The minimum Gasteiger partial charge on any atom is -0.322 e. The second-order valence-corrected chi connectivity index (χ2v) is 7.51. The molecule has 5 nitrogen and oxygen atoms in total. The van der Waals surface area contributed by atoms with Crippen molar-refractivity contribution < 1.29 is 13.2 Å². The number of amides is 1. The number of benzene rings is 2. The molecule has 0 unspecified atom stereocenters. The number of hydrogen-bond acceptors (Lipinski definition) is 3. The molecule has 2 aromatic rings. The van der Waals surface area contributed by atoms with Crippen LogP contribution in [0.25, 0.3) is 0 Å². The van der Waals surface area contributed by atoms with Crippen LogP contribution in [0.15, 0.2) is 53.4 Å². The van der Waals surface area contributed by atoms with Gasteiger partial charge in [0.15, 0.2) is 0 Å². The number of para-hydroxylation sites is 1. The van der Waals surface area contributed by atoms with Crippen LogP contribution in [0.2, 0.25) is 0 Å². The van der Waals surface area contributed by atoms with Crippen molar-refractivity contribution in [3.8, 4) is 0 Å². The van der Waals surface area contributed by atoms with Crippen molar-refractivity contribution in [3.05, 3.63) is 59.7 Å². The Morgan fingerprint density at radius 2 is 1.80 bits per heavy atom. The normalized spacial score (nSPS) is 11.3. The summed E-state index contributed by atoms with van der Waals surface area (Å²) in [5, 5.41) is 2.85. The lowest BCUT2D eigenvalue weighted by atomic mass is 10.1. The third-order valence-corrected chi connectivity index (χ3v) is 5.33. The third-order valence-electron chi connectivity index (χ3n) is 3.88. The highest BCUT2D eigenvalue weighted by Crippen LogP contribution is 2.18. The first-order valence-corrected chi connectivity index (χ1v) is 9.95. The van der Waals surface area contributed by atoms with Gasteiger partial charge in [-0.15, -0.1) is 0 Å². The van der Waals surface area contributed by atoms with Crippen molar-refractivity contribution in [3.63, 3.8) is 0 Å². The Morgan fingerprint density at radius 3 is 2.52 bits per heavy atom. The molecule has 0 spiro atoms. The van der Waals surface area contributed by atoms with Crippen LogP contribution in [0, 0.1) is 0 Å². The summed E-state index contributed by atoms with van der Waals surface area (Å²) in [6.45, 7) is 4.40. The monoisotopic (exact) mass is 360 g/mol. The maximum atomic E-state index is 12.5. The fourth-order valence-electron chi connectivity index (χ4n) is 2.42. The van der Waals surface area contributed by atoms with E-state index in [1.807, 2.05) is 38.1 Å². The van der Waals surface area contributed by atoms with Crippen molar-refractivity contribution in [2.24, 2.45) is 0 Å². The van der Waals surface area contributed by atoms with E-state index in [9.17, 15) is 13.2 Å². The average molecular weight is 360 g/mol. The first-order chi connectivity index (χ1) is 12.0. The maximum absolute atomic E-state index is 12.5. The summed E-state index contributed by atoms with van der Waals surface area (Å²) in [4.78, 5) is 12.6. The molecule has 0 fully saturated rings. The molecule has 2 N–H and O–H groups in total. The van der Waals surface area contributed by atoms with Crippen LogP contribution < -0.4 is 10.0 Å². The number of sulfonamides is 1. The van der Waals surface area contributed by atoms with E-state index in [2.05, 4.69) is 10.0 Å². The molecular formula is C19H24N2O3S. The third kappa shape index (κ3) is 5.14. The summed E-state index contributed by atoms with van der Waals surface area (Å²) in [6.07, 6.45) is 2.47. The fraction of sp³-hybridized carbons (Fsp3) is 0.316. The molecule has 2 aromatic carbocycles. The summed E-state index contributed by atoms with van der Waals surface area (Å²) >= 11 is 0. The molecule has 134 valence electrons. The van der Waals surface area contributed by atoms with E-state index in [0.717, 1.165) is 30.5 Å². The summed E-state index contributed by atoms with van der Waals surface area (Å²) in [5.74, 6) is -0.327. The molecule has 25 heavy (non-hydrogen) atoms. The average Bonchev–Trinajstić information content (AvgIpc) is 2.62. The van der Waals surface area contributed by atoms with Gasteiger partial charge < -0.3 is 5.32 Å². The van der Waals surface area contributed by atoms with Gasteiger partial charge in [-0.3, -0.25) is 4.79 Å². The van der Waals surface area contributed by atoms with Gasteiger partial charge in [-0.25, -0.2) is 13.1 Å². The van der Waals surface area contributed by atoms with Gasteiger partial charge in [-0.1, -0.05) is 44.5 Å². The standard InChI is InChI=1S/C19H24N2O3S/c1-3-5-13-20-25(23,24)17-11-8-10-16(14-17)19(22)21-18-12-7-6-9-15(18)4-2/h6-12,14,20H,3-5,13H2,1-2H3,(H,21,22). The molecule has 0 radical (unpaired) electrons. The summed E-state index contributed by atoms with van der Waals surface area (Å²) < 4.78 is 27.1. The van der Waals surface area contributed by atoms with Gasteiger partial charge in [0.2, 0.25) is 10.0 Å². The van der Waals surface area contributed by atoms with Gasteiger partial charge in [0.25, 0.3) is 5.91 Å². The molecule has 0 saturated carbocycles. The molecule has 0 atom stereocenters. The van der Waals surface area contributed by atoms with Crippen molar-refractivity contribution in [1.29, 1.82) is 0 Å². The first kappa shape index (κ1) is 19.1. The van der Waals surface area contributed by atoms with Crippen molar-refractivity contribution in [2.75, 3.05) is 11.9 Å². The van der Waals surface area contributed by atoms with Crippen LogP contribution in [-0.2, 0) is 16.4 Å². The van der Waals surface area contributed by atoms with Crippen molar-refractivity contribution in [1.82, 2.24) is 4.72 Å².